The van der Waals surface area contributed by atoms with Crippen LogP contribution in [0.2, 0.25) is 0 Å². The van der Waals surface area contributed by atoms with E-state index in [4.69, 9.17) is 0 Å². The van der Waals surface area contributed by atoms with Crippen LogP contribution < -0.4 is 0 Å². The van der Waals surface area contributed by atoms with E-state index in [1.807, 2.05) is 29.8 Å². The molecule has 2 aromatic rings. The molecule has 0 aliphatic heterocycles. The molecule has 1 unspecified atom stereocenters. The molecule has 0 saturated heterocycles. The Balaban J connectivity index is 0.000000406. The summed E-state index contributed by atoms with van der Waals surface area (Å²) < 4.78 is 31.9. The van der Waals surface area contributed by atoms with Crippen LogP contribution in [0.5, 0.6) is 5.75 Å². The predicted molar refractivity (Wildman–Crippen MR) is 91.1 cm³/mol. The summed E-state index contributed by atoms with van der Waals surface area (Å²) in [5.74, 6) is 0.166. The quantitative estimate of drug-likeness (QED) is 0.803. The Hall–Kier alpha value is -1.37. The predicted octanol–water partition coefficient (Wildman–Crippen LogP) is 4.49. The maximum Gasteiger partial charge on any atom is 0.271 e. The standard InChI is InChI=1S/C12H18O4S.C4H4S/c1-4-5-11(17(14,15)16)10-6-8(2)12(13)9(3)7-10;1-2-4-5-3-1/h6-7,11,13H,4-5H2,1-3H3,(H,14,15,16);1-4H. The molecule has 22 heavy (non-hydrogen) atoms. The van der Waals surface area contributed by atoms with E-state index in [1.165, 1.54) is 0 Å². The molecule has 0 spiro atoms. The lowest BCUT2D eigenvalue weighted by molar-refractivity contribution is 0.459. The molecule has 1 aromatic carbocycles. The lowest BCUT2D eigenvalue weighted by Gasteiger charge is -2.15. The summed E-state index contributed by atoms with van der Waals surface area (Å²) in [4.78, 5) is 0. The van der Waals surface area contributed by atoms with Crippen molar-refractivity contribution < 1.29 is 18.1 Å². The Morgan fingerprint density at radius 1 is 1.14 bits per heavy atom. The number of phenolic OH excluding ortho intramolecular Hbond substituents is 1. The Morgan fingerprint density at radius 2 is 1.64 bits per heavy atom. The average Bonchev–Trinajstić information content (AvgIpc) is 2.99. The third kappa shape index (κ3) is 5.44. The van der Waals surface area contributed by atoms with Gasteiger partial charge in [-0.3, -0.25) is 4.55 Å². The lowest BCUT2D eigenvalue weighted by Crippen LogP contribution is -2.12. The second kappa shape index (κ2) is 8.31. The second-order valence-corrected chi connectivity index (χ2v) is 7.50. The van der Waals surface area contributed by atoms with E-state index in [0.717, 1.165) is 0 Å². The minimum atomic E-state index is -4.11. The van der Waals surface area contributed by atoms with Crippen molar-refractivity contribution in [3.63, 3.8) is 0 Å². The van der Waals surface area contributed by atoms with Crippen LogP contribution in [-0.4, -0.2) is 18.1 Å². The largest absolute Gasteiger partial charge is 0.507 e. The first-order chi connectivity index (χ1) is 10.3. The van der Waals surface area contributed by atoms with Crippen molar-refractivity contribution in [2.24, 2.45) is 0 Å². The monoisotopic (exact) mass is 342 g/mol. The van der Waals surface area contributed by atoms with Crippen LogP contribution >= 0.6 is 11.3 Å². The van der Waals surface area contributed by atoms with E-state index in [-0.39, 0.29) is 5.75 Å². The topological polar surface area (TPSA) is 74.6 Å². The molecule has 122 valence electrons. The summed E-state index contributed by atoms with van der Waals surface area (Å²) >= 11 is 1.71. The van der Waals surface area contributed by atoms with Crippen LogP contribution in [0.1, 0.15) is 41.7 Å². The number of rotatable bonds is 4. The number of aromatic hydroxyl groups is 1. The van der Waals surface area contributed by atoms with Gasteiger partial charge >= 0.3 is 0 Å². The van der Waals surface area contributed by atoms with Crippen LogP contribution in [0.15, 0.2) is 35.0 Å². The van der Waals surface area contributed by atoms with Crippen molar-refractivity contribution in [3.8, 4) is 5.75 Å². The summed E-state index contributed by atoms with van der Waals surface area (Å²) in [6.45, 7) is 5.27. The molecule has 1 aromatic heterocycles. The summed E-state index contributed by atoms with van der Waals surface area (Å²) in [6, 6.07) is 7.25. The van der Waals surface area contributed by atoms with E-state index >= 15 is 0 Å². The fourth-order valence-electron chi connectivity index (χ4n) is 2.15. The highest BCUT2D eigenvalue weighted by molar-refractivity contribution is 7.86. The number of aryl methyl sites for hydroxylation is 2. The van der Waals surface area contributed by atoms with E-state index in [1.54, 1.807) is 37.3 Å². The van der Waals surface area contributed by atoms with Gasteiger partial charge in [0.25, 0.3) is 10.1 Å². The molecule has 0 saturated carbocycles. The molecule has 0 amide bonds. The lowest BCUT2D eigenvalue weighted by atomic mass is 10.0. The van der Waals surface area contributed by atoms with Crippen molar-refractivity contribution in [3.05, 3.63) is 51.7 Å². The first-order valence-electron chi connectivity index (χ1n) is 7.01. The highest BCUT2D eigenvalue weighted by Gasteiger charge is 2.25. The van der Waals surface area contributed by atoms with Gasteiger partial charge in [0.1, 0.15) is 11.0 Å². The zero-order chi connectivity index (χ0) is 16.8. The SMILES string of the molecule is CCCC(c1cc(C)c(O)c(C)c1)S(=O)(=O)O.c1ccsc1. The number of phenols is 1. The normalized spacial score (nSPS) is 12.4. The molecule has 6 heteroatoms. The smallest absolute Gasteiger partial charge is 0.271 e. The van der Waals surface area contributed by atoms with Gasteiger partial charge in [-0.05, 0) is 47.7 Å². The van der Waals surface area contributed by atoms with Gasteiger partial charge < -0.3 is 5.11 Å². The molecule has 4 nitrogen and oxygen atoms in total. The Kier molecular flexibility index (Phi) is 7.06. The third-order valence-electron chi connectivity index (χ3n) is 3.22. The van der Waals surface area contributed by atoms with E-state index < -0.39 is 15.4 Å². The average molecular weight is 342 g/mol. The van der Waals surface area contributed by atoms with Crippen molar-refractivity contribution >= 4 is 21.5 Å². The molecule has 2 N–H and O–H groups in total. The molecule has 0 bridgehead atoms. The fourth-order valence-corrected chi connectivity index (χ4v) is 3.62. The van der Waals surface area contributed by atoms with Gasteiger partial charge in [0, 0.05) is 0 Å². The number of thiophene rings is 1. The van der Waals surface area contributed by atoms with Crippen molar-refractivity contribution in [1.29, 1.82) is 0 Å². The maximum atomic E-state index is 11.3. The molecule has 0 radical (unpaired) electrons. The van der Waals surface area contributed by atoms with E-state index in [0.29, 0.717) is 29.5 Å². The van der Waals surface area contributed by atoms with Crippen molar-refractivity contribution in [1.82, 2.24) is 0 Å². The number of hydrogen-bond donors (Lipinski definition) is 2. The van der Waals surface area contributed by atoms with Crippen LogP contribution in [0.25, 0.3) is 0 Å². The number of hydrogen-bond acceptors (Lipinski definition) is 4. The highest BCUT2D eigenvalue weighted by atomic mass is 32.2. The Labute approximate surface area is 136 Å². The number of benzene rings is 1. The Bertz CT molecular complexity index is 636. The maximum absolute atomic E-state index is 11.3. The molecule has 2 rings (SSSR count). The van der Waals surface area contributed by atoms with Crippen molar-refractivity contribution in [2.75, 3.05) is 0 Å². The van der Waals surface area contributed by atoms with Crippen LogP contribution in [0, 0.1) is 13.8 Å². The van der Waals surface area contributed by atoms with E-state index in [2.05, 4.69) is 0 Å². The summed E-state index contributed by atoms with van der Waals surface area (Å²) in [5, 5.41) is 12.8. The molecule has 0 aliphatic rings. The molecule has 0 fully saturated rings. The van der Waals surface area contributed by atoms with E-state index in [9.17, 15) is 18.1 Å². The molecular weight excluding hydrogens is 320 g/mol. The molecular formula is C16H22O4S2. The van der Waals surface area contributed by atoms with Gasteiger partial charge in [-0.25, -0.2) is 0 Å². The van der Waals surface area contributed by atoms with Crippen molar-refractivity contribution in [2.45, 2.75) is 38.9 Å². The highest BCUT2D eigenvalue weighted by Crippen LogP contribution is 2.32. The summed E-state index contributed by atoms with van der Waals surface area (Å²) in [6.07, 6.45) is 1.02. The third-order valence-corrected chi connectivity index (χ3v) is 5.08. The summed E-state index contributed by atoms with van der Waals surface area (Å²) in [5.41, 5.74) is 1.76. The van der Waals surface area contributed by atoms with Gasteiger partial charge in [0.2, 0.25) is 0 Å². The first-order valence-corrected chi connectivity index (χ1v) is 9.45. The van der Waals surface area contributed by atoms with Gasteiger partial charge in [0.15, 0.2) is 0 Å². The second-order valence-electron chi connectivity index (χ2n) is 5.09. The zero-order valence-electron chi connectivity index (χ0n) is 13.0. The zero-order valence-corrected chi connectivity index (χ0v) is 14.6. The minimum absolute atomic E-state index is 0.166. The molecule has 0 aliphatic carbocycles. The van der Waals surface area contributed by atoms with Crippen LogP contribution in [-0.2, 0) is 10.1 Å². The van der Waals surface area contributed by atoms with Gasteiger partial charge in [0.05, 0.1) is 0 Å². The van der Waals surface area contributed by atoms with Crippen LogP contribution in [0.3, 0.4) is 0 Å². The fraction of sp³-hybridized carbons (Fsp3) is 0.375. The van der Waals surface area contributed by atoms with Gasteiger partial charge in [-0.15, -0.1) is 0 Å². The summed E-state index contributed by atoms with van der Waals surface area (Å²) in [7, 11) is -4.11. The minimum Gasteiger partial charge on any atom is -0.507 e. The van der Waals surface area contributed by atoms with Gasteiger partial charge in [-0.2, -0.15) is 19.8 Å². The first kappa shape index (κ1) is 18.7. The molecule has 1 heterocycles. The van der Waals surface area contributed by atoms with Crippen LogP contribution in [0.4, 0.5) is 0 Å². The molecule has 1 atom stereocenters. The Morgan fingerprint density at radius 3 is 1.95 bits per heavy atom. The van der Waals surface area contributed by atoms with Gasteiger partial charge in [-0.1, -0.05) is 37.6 Å².